The molecule has 0 amide bonds. The molecule has 0 radical (unpaired) electrons. The minimum absolute atomic E-state index is 0.0901. The molecule has 0 fully saturated rings. The average molecular weight is 295 g/mol. The van der Waals surface area contributed by atoms with E-state index in [0.717, 1.165) is 11.3 Å². The monoisotopic (exact) mass is 295 g/mol. The highest BCUT2D eigenvalue weighted by Crippen LogP contribution is 2.17. The number of carbonyl (C=O) groups excluding carboxylic acids is 1. The zero-order chi connectivity index (χ0) is 13.9. The number of hydrogen-bond acceptors (Lipinski definition) is 6. The van der Waals surface area contributed by atoms with Crippen LogP contribution in [0, 0.1) is 0 Å². The molecule has 0 saturated carbocycles. The molecule has 0 saturated heterocycles. The van der Waals surface area contributed by atoms with Crippen molar-refractivity contribution in [1.29, 1.82) is 0 Å². The van der Waals surface area contributed by atoms with E-state index in [-0.39, 0.29) is 9.77 Å². The summed E-state index contributed by atoms with van der Waals surface area (Å²) in [5.74, 6) is -0.818. The van der Waals surface area contributed by atoms with Gasteiger partial charge >= 0.3 is 0 Å². The van der Waals surface area contributed by atoms with Gasteiger partial charge in [-0.15, -0.1) is 11.3 Å². The van der Waals surface area contributed by atoms with E-state index in [9.17, 15) is 13.2 Å². The quantitative estimate of drug-likeness (QED) is 0.309. The topological polar surface area (TPSA) is 83.8 Å². The van der Waals surface area contributed by atoms with Gasteiger partial charge in [0.2, 0.25) is 20.7 Å². The Hall–Kier alpha value is -1.99. The third kappa shape index (κ3) is 2.56. The number of hydrogen-bond donors (Lipinski definition) is 1. The van der Waals surface area contributed by atoms with Gasteiger partial charge < -0.3 is 5.21 Å². The lowest BCUT2D eigenvalue weighted by molar-refractivity contribution is 0.106. The van der Waals surface area contributed by atoms with Crippen molar-refractivity contribution in [1.82, 2.24) is 0 Å². The Morgan fingerprint density at radius 3 is 2.32 bits per heavy atom. The summed E-state index contributed by atoms with van der Waals surface area (Å²) in [6, 6.07) is 10.5. The maximum absolute atomic E-state index is 12.2. The van der Waals surface area contributed by atoms with Crippen molar-refractivity contribution >= 4 is 32.0 Å². The second-order valence-corrected chi connectivity index (χ2v) is 6.34. The van der Waals surface area contributed by atoms with E-state index in [2.05, 4.69) is 5.16 Å². The fourth-order valence-corrected chi connectivity index (χ4v) is 3.38. The summed E-state index contributed by atoms with van der Waals surface area (Å²) in [6.45, 7) is 0. The van der Waals surface area contributed by atoms with Crippen molar-refractivity contribution in [3.63, 3.8) is 0 Å². The number of carbonyl (C=O) groups is 1. The van der Waals surface area contributed by atoms with Gasteiger partial charge in [-0.3, -0.25) is 4.79 Å². The fraction of sp³-hybridized carbons (Fsp3) is 0. The van der Waals surface area contributed by atoms with E-state index in [4.69, 9.17) is 5.21 Å². The maximum atomic E-state index is 12.2. The Morgan fingerprint density at radius 2 is 1.79 bits per heavy atom. The average Bonchev–Trinajstić information content (AvgIpc) is 2.94. The van der Waals surface area contributed by atoms with Crippen LogP contribution in [0.5, 0.6) is 0 Å². The smallest absolute Gasteiger partial charge is 0.247 e. The molecular weight excluding hydrogens is 286 g/mol. The SMILES string of the molecule is O=C(/C(=N/O)S(=O)(=O)c1ccccc1)c1cccs1. The summed E-state index contributed by atoms with van der Waals surface area (Å²) in [6.07, 6.45) is 0. The van der Waals surface area contributed by atoms with Crippen LogP contribution in [0.15, 0.2) is 57.9 Å². The molecule has 2 aromatic rings. The van der Waals surface area contributed by atoms with Crippen molar-refractivity contribution in [2.45, 2.75) is 4.90 Å². The first kappa shape index (κ1) is 13.4. The first-order valence-electron chi connectivity index (χ1n) is 5.18. The van der Waals surface area contributed by atoms with Crippen LogP contribution in [0.2, 0.25) is 0 Å². The Bertz CT molecular complexity index is 703. The number of thiophene rings is 1. The van der Waals surface area contributed by atoms with Gasteiger partial charge in [-0.1, -0.05) is 29.4 Å². The molecular formula is C12H9NO4S2. The number of ketones is 1. The summed E-state index contributed by atoms with van der Waals surface area (Å²) in [7, 11) is -4.12. The van der Waals surface area contributed by atoms with E-state index in [1.807, 2.05) is 0 Å². The molecule has 0 aliphatic rings. The molecule has 0 unspecified atom stereocenters. The molecule has 19 heavy (non-hydrogen) atoms. The summed E-state index contributed by atoms with van der Waals surface area (Å²) in [4.78, 5) is 12.1. The molecule has 5 nitrogen and oxygen atoms in total. The largest absolute Gasteiger partial charge is 0.410 e. The number of nitrogens with zero attached hydrogens (tertiary/aromatic N) is 1. The number of sulfone groups is 1. The van der Waals surface area contributed by atoms with Crippen LogP contribution in [0.4, 0.5) is 0 Å². The predicted molar refractivity (Wildman–Crippen MR) is 71.5 cm³/mol. The zero-order valence-electron chi connectivity index (χ0n) is 9.55. The number of rotatable bonds is 3. The van der Waals surface area contributed by atoms with Gasteiger partial charge in [-0.25, -0.2) is 8.42 Å². The number of benzene rings is 1. The predicted octanol–water partition coefficient (Wildman–Crippen LogP) is 2.19. The molecule has 98 valence electrons. The van der Waals surface area contributed by atoms with Crippen molar-refractivity contribution in [2.24, 2.45) is 5.16 Å². The molecule has 1 aromatic carbocycles. The highest BCUT2D eigenvalue weighted by Gasteiger charge is 2.31. The van der Waals surface area contributed by atoms with Crippen molar-refractivity contribution < 1.29 is 18.4 Å². The van der Waals surface area contributed by atoms with Crippen LogP contribution in [0.1, 0.15) is 9.67 Å². The van der Waals surface area contributed by atoms with E-state index in [1.54, 1.807) is 17.5 Å². The molecule has 1 aromatic heterocycles. The maximum Gasteiger partial charge on any atom is 0.247 e. The molecule has 0 aliphatic heterocycles. The molecule has 7 heteroatoms. The first-order valence-corrected chi connectivity index (χ1v) is 7.54. The van der Waals surface area contributed by atoms with Crippen molar-refractivity contribution in [2.75, 3.05) is 0 Å². The molecule has 1 N–H and O–H groups in total. The van der Waals surface area contributed by atoms with Gasteiger partial charge in [0.25, 0.3) is 0 Å². The second-order valence-electron chi connectivity index (χ2n) is 3.53. The van der Waals surface area contributed by atoms with Gasteiger partial charge in [0, 0.05) is 0 Å². The van der Waals surface area contributed by atoms with Crippen molar-refractivity contribution in [3.05, 3.63) is 52.7 Å². The molecule has 2 rings (SSSR count). The third-order valence-corrected chi connectivity index (χ3v) is 4.88. The molecule has 1 heterocycles. The first-order chi connectivity index (χ1) is 9.07. The summed E-state index contributed by atoms with van der Waals surface area (Å²) >= 11 is 1.08. The van der Waals surface area contributed by atoms with Gasteiger partial charge in [-0.2, -0.15) is 0 Å². The van der Waals surface area contributed by atoms with E-state index < -0.39 is 20.7 Å². The molecule has 0 aliphatic carbocycles. The Kier molecular flexibility index (Phi) is 3.77. The van der Waals surface area contributed by atoms with E-state index in [0.29, 0.717) is 0 Å². The van der Waals surface area contributed by atoms with Crippen LogP contribution in [-0.4, -0.2) is 24.5 Å². The summed E-state index contributed by atoms with van der Waals surface area (Å²) in [5, 5.41) is 12.3. The van der Waals surface area contributed by atoms with E-state index >= 15 is 0 Å². The lowest BCUT2D eigenvalue weighted by atomic mass is 10.3. The van der Waals surface area contributed by atoms with Gasteiger partial charge in [0.05, 0.1) is 9.77 Å². The zero-order valence-corrected chi connectivity index (χ0v) is 11.2. The number of oxime groups is 1. The molecule has 0 atom stereocenters. The van der Waals surface area contributed by atoms with Gasteiger partial charge in [0.15, 0.2) is 0 Å². The van der Waals surface area contributed by atoms with Crippen LogP contribution < -0.4 is 0 Å². The molecule has 0 bridgehead atoms. The van der Waals surface area contributed by atoms with E-state index in [1.165, 1.54) is 30.3 Å². The second kappa shape index (κ2) is 5.33. The van der Waals surface area contributed by atoms with Crippen LogP contribution in [-0.2, 0) is 9.84 Å². The third-order valence-electron chi connectivity index (χ3n) is 2.34. The van der Waals surface area contributed by atoms with Crippen molar-refractivity contribution in [3.8, 4) is 0 Å². The van der Waals surface area contributed by atoms with Gasteiger partial charge in [0.1, 0.15) is 0 Å². The number of Topliss-reactive ketones (excluding diaryl/α,β-unsaturated/α-hetero) is 1. The van der Waals surface area contributed by atoms with Crippen LogP contribution >= 0.6 is 11.3 Å². The standard InChI is InChI=1S/C12H9NO4S2/c14-11(10-7-4-8-18-10)12(13-15)19(16,17)9-5-2-1-3-6-9/h1-8,15H/b13-12-. The fourth-order valence-electron chi connectivity index (χ4n) is 1.45. The Balaban J connectivity index is 2.47. The van der Waals surface area contributed by atoms with Gasteiger partial charge in [-0.05, 0) is 23.6 Å². The minimum atomic E-state index is -4.12. The van der Waals surface area contributed by atoms with Crippen LogP contribution in [0.25, 0.3) is 0 Å². The highest BCUT2D eigenvalue weighted by atomic mass is 32.2. The Labute approximate surface area is 113 Å². The normalized spacial score (nSPS) is 12.3. The minimum Gasteiger partial charge on any atom is -0.410 e. The molecule has 0 spiro atoms. The summed E-state index contributed by atoms with van der Waals surface area (Å²) in [5.41, 5.74) is 0. The lowest BCUT2D eigenvalue weighted by Crippen LogP contribution is -2.24. The Morgan fingerprint density at radius 1 is 1.11 bits per heavy atom. The summed E-state index contributed by atoms with van der Waals surface area (Å²) < 4.78 is 24.4. The van der Waals surface area contributed by atoms with Crippen LogP contribution in [0.3, 0.4) is 0 Å². The lowest BCUT2D eigenvalue weighted by Gasteiger charge is -2.04. The highest BCUT2D eigenvalue weighted by molar-refractivity contribution is 8.08.